The smallest absolute Gasteiger partial charge is 0.244 e. The molecule has 0 unspecified atom stereocenters. The maximum absolute atomic E-state index is 12.8. The van der Waals surface area contributed by atoms with Gasteiger partial charge in [0.2, 0.25) is 10.0 Å². The molecule has 30 heavy (non-hydrogen) atoms. The average Bonchev–Trinajstić information content (AvgIpc) is 3.24. The number of fused-ring (bicyclic) bond motifs is 1. The molecule has 5 rings (SSSR count). The highest BCUT2D eigenvalue weighted by molar-refractivity contribution is 7.89. The Bertz CT molecular complexity index is 1090. The minimum absolute atomic E-state index is 0.243. The monoisotopic (exact) mass is 444 g/mol. The number of rotatable bonds is 4. The van der Waals surface area contributed by atoms with Crippen LogP contribution in [-0.4, -0.2) is 62.1 Å². The number of morpholine rings is 1. The second kappa shape index (κ2) is 8.22. The molecule has 2 fully saturated rings. The number of piperidine rings is 1. The molecule has 7 nitrogen and oxygen atoms in total. The zero-order chi connectivity index (χ0) is 20.6. The number of thiazole rings is 1. The fourth-order valence-electron chi connectivity index (χ4n) is 4.10. The molecule has 0 radical (unpaired) electrons. The topological polar surface area (TPSA) is 75.6 Å². The van der Waals surface area contributed by atoms with E-state index in [1.165, 1.54) is 20.2 Å². The molecule has 2 saturated heterocycles. The van der Waals surface area contributed by atoms with E-state index in [1.54, 1.807) is 17.4 Å². The van der Waals surface area contributed by atoms with Gasteiger partial charge in [-0.05, 0) is 37.1 Å². The number of benzene rings is 1. The maximum Gasteiger partial charge on any atom is 0.244 e. The lowest BCUT2D eigenvalue weighted by atomic mass is 9.99. The predicted octanol–water partition coefficient (Wildman–Crippen LogP) is 3.10. The molecule has 0 N–H and O–H groups in total. The lowest BCUT2D eigenvalue weighted by Gasteiger charge is -2.32. The lowest BCUT2D eigenvalue weighted by molar-refractivity contribution is 0.0730. The molecular formula is C21H24N4O3S2. The number of para-hydroxylation sites is 1. The van der Waals surface area contributed by atoms with Gasteiger partial charge in [-0.15, -0.1) is 11.3 Å². The first-order valence-electron chi connectivity index (χ1n) is 10.3. The maximum atomic E-state index is 12.8. The molecule has 2 aromatic heterocycles. The van der Waals surface area contributed by atoms with E-state index in [0.29, 0.717) is 32.2 Å². The first kappa shape index (κ1) is 19.9. The number of anilines is 1. The van der Waals surface area contributed by atoms with E-state index in [0.717, 1.165) is 37.3 Å². The molecule has 0 spiro atoms. The molecule has 1 atom stereocenters. The second-order valence-electron chi connectivity index (χ2n) is 7.67. The number of hydrogen-bond acceptors (Lipinski definition) is 7. The molecule has 0 saturated carbocycles. The third kappa shape index (κ3) is 3.82. The van der Waals surface area contributed by atoms with Crippen LogP contribution in [0.5, 0.6) is 0 Å². The van der Waals surface area contributed by atoms with Crippen LogP contribution in [-0.2, 0) is 14.8 Å². The van der Waals surface area contributed by atoms with Crippen LogP contribution in [0.4, 0.5) is 5.82 Å². The summed E-state index contributed by atoms with van der Waals surface area (Å²) in [4.78, 5) is 11.8. The summed E-state index contributed by atoms with van der Waals surface area (Å²) in [6, 6.07) is 11.8. The molecule has 9 heteroatoms. The minimum Gasteiger partial charge on any atom is -0.379 e. The van der Waals surface area contributed by atoms with Crippen LogP contribution in [0.3, 0.4) is 0 Å². The quantitative estimate of drug-likeness (QED) is 0.616. The second-order valence-corrected chi connectivity index (χ2v) is 10.7. The standard InChI is InChI=1S/C21H24N4O3S2/c26-30(27,25-10-12-28-13-11-25)17-7-8-20(22-14-17)24-9-3-4-16(15-24)21-23-18-5-1-2-6-19(18)29-21/h1-2,5-8,14,16H,3-4,9-13,15H2/t16-/m0/s1. The third-order valence-electron chi connectivity index (χ3n) is 5.73. The fourth-order valence-corrected chi connectivity index (χ4v) is 6.55. The molecule has 0 bridgehead atoms. The van der Waals surface area contributed by atoms with Gasteiger partial charge >= 0.3 is 0 Å². The van der Waals surface area contributed by atoms with Crippen LogP contribution in [0.1, 0.15) is 23.8 Å². The van der Waals surface area contributed by atoms with Crippen molar-refractivity contribution in [3.8, 4) is 0 Å². The van der Waals surface area contributed by atoms with Crippen LogP contribution in [0.25, 0.3) is 10.2 Å². The van der Waals surface area contributed by atoms with Crippen molar-refractivity contribution in [2.45, 2.75) is 23.7 Å². The SMILES string of the molecule is O=S(=O)(c1ccc(N2CCC[C@H](c3nc4ccccc4s3)C2)nc1)N1CCOCC1. The van der Waals surface area contributed by atoms with Crippen molar-refractivity contribution in [1.82, 2.24) is 14.3 Å². The molecular weight excluding hydrogens is 420 g/mol. The van der Waals surface area contributed by atoms with Crippen molar-refractivity contribution in [3.63, 3.8) is 0 Å². The summed E-state index contributed by atoms with van der Waals surface area (Å²) < 4.78 is 33.6. The predicted molar refractivity (Wildman–Crippen MR) is 118 cm³/mol. The number of aromatic nitrogens is 2. The molecule has 3 aromatic rings. The largest absolute Gasteiger partial charge is 0.379 e. The summed E-state index contributed by atoms with van der Waals surface area (Å²) in [6.45, 7) is 3.42. The van der Waals surface area contributed by atoms with Gasteiger partial charge in [0.05, 0.1) is 28.4 Å². The normalized spacial score (nSPS) is 21.2. The fraction of sp³-hybridized carbons (Fsp3) is 0.429. The van der Waals surface area contributed by atoms with E-state index < -0.39 is 10.0 Å². The summed E-state index contributed by atoms with van der Waals surface area (Å²) in [6.07, 6.45) is 3.66. The van der Waals surface area contributed by atoms with Gasteiger partial charge in [0.1, 0.15) is 10.7 Å². The molecule has 158 valence electrons. The highest BCUT2D eigenvalue weighted by Gasteiger charge is 2.28. The van der Waals surface area contributed by atoms with Gasteiger partial charge in [-0.2, -0.15) is 4.31 Å². The summed E-state index contributed by atoms with van der Waals surface area (Å²) >= 11 is 1.77. The first-order valence-corrected chi connectivity index (χ1v) is 12.5. The third-order valence-corrected chi connectivity index (χ3v) is 8.81. The summed E-state index contributed by atoms with van der Waals surface area (Å²) in [5.74, 6) is 1.19. The number of pyridine rings is 1. The van der Waals surface area contributed by atoms with E-state index in [4.69, 9.17) is 9.72 Å². The van der Waals surface area contributed by atoms with Gasteiger partial charge in [-0.1, -0.05) is 12.1 Å². The summed E-state index contributed by atoms with van der Waals surface area (Å²) in [5.41, 5.74) is 1.06. The van der Waals surface area contributed by atoms with E-state index in [2.05, 4.69) is 22.0 Å². The molecule has 0 amide bonds. The molecule has 1 aromatic carbocycles. The Hall–Kier alpha value is -2.07. The zero-order valence-electron chi connectivity index (χ0n) is 16.6. The van der Waals surface area contributed by atoms with Gasteiger partial charge in [0, 0.05) is 38.3 Å². The van der Waals surface area contributed by atoms with Gasteiger partial charge in [0.15, 0.2) is 0 Å². The van der Waals surface area contributed by atoms with Gasteiger partial charge in [0.25, 0.3) is 0 Å². The highest BCUT2D eigenvalue weighted by Crippen LogP contribution is 2.34. The Labute approximate surface area is 180 Å². The van der Waals surface area contributed by atoms with Gasteiger partial charge in [-0.25, -0.2) is 18.4 Å². The highest BCUT2D eigenvalue weighted by atomic mass is 32.2. The van der Waals surface area contributed by atoms with E-state index in [9.17, 15) is 8.42 Å². The molecule has 2 aliphatic heterocycles. The Morgan fingerprint density at radius 1 is 1.07 bits per heavy atom. The van der Waals surface area contributed by atoms with Crippen molar-refractivity contribution in [2.24, 2.45) is 0 Å². The Balaban J connectivity index is 1.32. The van der Waals surface area contributed by atoms with E-state index in [-0.39, 0.29) is 4.90 Å². The zero-order valence-corrected chi connectivity index (χ0v) is 18.2. The van der Waals surface area contributed by atoms with Crippen LogP contribution in [0.15, 0.2) is 47.5 Å². The van der Waals surface area contributed by atoms with E-state index in [1.807, 2.05) is 18.2 Å². The molecule has 4 heterocycles. The van der Waals surface area contributed by atoms with Crippen molar-refractivity contribution in [1.29, 1.82) is 0 Å². The number of hydrogen-bond donors (Lipinski definition) is 0. The average molecular weight is 445 g/mol. The number of nitrogens with zero attached hydrogens (tertiary/aromatic N) is 4. The number of ether oxygens (including phenoxy) is 1. The summed E-state index contributed by atoms with van der Waals surface area (Å²) in [5, 5.41) is 1.17. The van der Waals surface area contributed by atoms with E-state index >= 15 is 0 Å². The van der Waals surface area contributed by atoms with Crippen LogP contribution in [0, 0.1) is 0 Å². The Morgan fingerprint density at radius 2 is 1.90 bits per heavy atom. The lowest BCUT2D eigenvalue weighted by Crippen LogP contribution is -2.40. The summed E-state index contributed by atoms with van der Waals surface area (Å²) in [7, 11) is -3.51. The van der Waals surface area contributed by atoms with Gasteiger partial charge in [-0.3, -0.25) is 0 Å². The molecule has 0 aliphatic carbocycles. The number of sulfonamides is 1. The van der Waals surface area contributed by atoms with Gasteiger partial charge < -0.3 is 9.64 Å². The minimum atomic E-state index is -3.51. The Morgan fingerprint density at radius 3 is 2.67 bits per heavy atom. The van der Waals surface area contributed by atoms with Crippen molar-refractivity contribution >= 4 is 37.4 Å². The van der Waals surface area contributed by atoms with Crippen molar-refractivity contribution < 1.29 is 13.2 Å². The van der Waals surface area contributed by atoms with Crippen molar-refractivity contribution in [3.05, 3.63) is 47.6 Å². The van der Waals surface area contributed by atoms with Crippen molar-refractivity contribution in [2.75, 3.05) is 44.3 Å². The Kier molecular flexibility index (Phi) is 5.44. The first-order chi connectivity index (χ1) is 14.6. The molecule has 2 aliphatic rings. The van der Waals surface area contributed by atoms with Crippen LogP contribution < -0.4 is 4.90 Å². The van der Waals surface area contributed by atoms with Crippen LogP contribution >= 0.6 is 11.3 Å². The van der Waals surface area contributed by atoms with Crippen LogP contribution in [0.2, 0.25) is 0 Å².